The third-order valence-electron chi connectivity index (χ3n) is 3.65. The lowest BCUT2D eigenvalue weighted by atomic mass is 10.3. The van der Waals surface area contributed by atoms with Crippen LogP contribution in [0, 0.1) is 6.92 Å². The van der Waals surface area contributed by atoms with Crippen LogP contribution in [0.15, 0.2) is 12.3 Å². The predicted molar refractivity (Wildman–Crippen MR) is 82.6 cm³/mol. The van der Waals surface area contributed by atoms with Crippen molar-refractivity contribution in [2.75, 3.05) is 5.88 Å². The molecule has 0 aliphatic rings. The summed E-state index contributed by atoms with van der Waals surface area (Å²) in [6.07, 6.45) is 3.59. The van der Waals surface area contributed by atoms with Gasteiger partial charge in [-0.05, 0) is 13.0 Å². The van der Waals surface area contributed by atoms with Crippen molar-refractivity contribution in [1.82, 2.24) is 29.1 Å². The first-order chi connectivity index (χ1) is 10.1. The Hall–Kier alpha value is -1.82. The van der Waals surface area contributed by atoms with Crippen molar-refractivity contribution >= 4 is 22.8 Å². The minimum atomic E-state index is 0.569. The molecule has 0 atom stereocenters. The fraction of sp³-hybridized carbons (Fsp3) is 0.500. The zero-order chi connectivity index (χ0) is 15.0. The first kappa shape index (κ1) is 14.1. The summed E-state index contributed by atoms with van der Waals surface area (Å²) in [5.41, 5.74) is 4.07. The minimum absolute atomic E-state index is 0.569. The second-order valence-corrected chi connectivity index (χ2v) is 5.61. The maximum Gasteiger partial charge on any atom is 0.158 e. The van der Waals surface area contributed by atoms with Crippen LogP contribution in [0.1, 0.15) is 17.2 Å². The number of hydrogen-bond donors (Lipinski definition) is 0. The number of halogens is 1. The zero-order valence-electron chi connectivity index (χ0n) is 12.5. The second kappa shape index (κ2) is 5.52. The molecule has 0 fully saturated rings. The van der Waals surface area contributed by atoms with Gasteiger partial charge in [0.2, 0.25) is 0 Å². The first-order valence-corrected chi connectivity index (χ1v) is 7.57. The van der Waals surface area contributed by atoms with Gasteiger partial charge in [0.15, 0.2) is 5.65 Å². The number of imidazole rings is 1. The number of rotatable bonds is 5. The lowest BCUT2D eigenvalue weighted by molar-refractivity contribution is 0.627. The molecule has 0 aliphatic heterocycles. The van der Waals surface area contributed by atoms with Crippen molar-refractivity contribution in [1.29, 1.82) is 0 Å². The number of aromatic nitrogens is 6. The number of nitrogens with zero attached hydrogens (tertiary/aromatic N) is 6. The molecule has 3 aromatic rings. The molecule has 0 amide bonds. The third-order valence-corrected chi connectivity index (χ3v) is 3.84. The highest BCUT2D eigenvalue weighted by Gasteiger charge is 2.17. The van der Waals surface area contributed by atoms with Crippen molar-refractivity contribution < 1.29 is 0 Å². The SMILES string of the molecule is Cc1nn(C)c2c1nc(CCCl)n2CCc1ccn(C)n1. The van der Waals surface area contributed by atoms with Gasteiger partial charge in [-0.25, -0.2) is 4.98 Å². The Labute approximate surface area is 128 Å². The van der Waals surface area contributed by atoms with E-state index >= 15 is 0 Å². The van der Waals surface area contributed by atoms with E-state index in [2.05, 4.69) is 14.8 Å². The van der Waals surface area contributed by atoms with Gasteiger partial charge in [-0.2, -0.15) is 10.2 Å². The van der Waals surface area contributed by atoms with E-state index in [0.717, 1.165) is 47.8 Å². The van der Waals surface area contributed by atoms with E-state index in [1.165, 1.54) is 0 Å². The molecule has 3 heterocycles. The average molecular weight is 307 g/mol. The van der Waals surface area contributed by atoms with Crippen LogP contribution in [0.4, 0.5) is 0 Å². The summed E-state index contributed by atoms with van der Waals surface area (Å²) in [7, 11) is 3.89. The van der Waals surface area contributed by atoms with E-state index < -0.39 is 0 Å². The quantitative estimate of drug-likeness (QED) is 0.676. The topological polar surface area (TPSA) is 53.5 Å². The fourth-order valence-electron chi connectivity index (χ4n) is 2.71. The van der Waals surface area contributed by atoms with Gasteiger partial charge in [0, 0.05) is 45.6 Å². The van der Waals surface area contributed by atoms with Crippen LogP contribution in [-0.4, -0.2) is 35.0 Å². The lowest BCUT2D eigenvalue weighted by Gasteiger charge is -2.08. The molecule has 0 radical (unpaired) electrons. The summed E-state index contributed by atoms with van der Waals surface area (Å²) in [5.74, 6) is 1.59. The summed E-state index contributed by atoms with van der Waals surface area (Å²) in [4.78, 5) is 4.71. The Morgan fingerprint density at radius 3 is 2.67 bits per heavy atom. The molecule has 6 nitrogen and oxygen atoms in total. The molecular formula is C14H19ClN6. The van der Waals surface area contributed by atoms with Gasteiger partial charge >= 0.3 is 0 Å². The number of alkyl halides is 1. The van der Waals surface area contributed by atoms with Crippen LogP contribution < -0.4 is 0 Å². The van der Waals surface area contributed by atoms with E-state index in [1.807, 2.05) is 42.6 Å². The van der Waals surface area contributed by atoms with Gasteiger partial charge in [0.25, 0.3) is 0 Å². The van der Waals surface area contributed by atoms with E-state index in [-0.39, 0.29) is 0 Å². The summed E-state index contributed by atoms with van der Waals surface area (Å²) in [5, 5.41) is 8.88. The molecular weight excluding hydrogens is 288 g/mol. The van der Waals surface area contributed by atoms with Gasteiger partial charge in [0.05, 0.1) is 11.4 Å². The van der Waals surface area contributed by atoms with Crippen LogP contribution in [-0.2, 0) is 33.5 Å². The van der Waals surface area contributed by atoms with Gasteiger partial charge < -0.3 is 4.57 Å². The average Bonchev–Trinajstić information content (AvgIpc) is 3.07. The van der Waals surface area contributed by atoms with Crippen molar-refractivity contribution in [2.24, 2.45) is 14.1 Å². The Bertz CT molecular complexity index is 766. The standard InChI is InChI=1S/C14H19ClN6/c1-10-13-14(20(3)17-10)21(12(16-13)4-7-15)9-6-11-5-8-19(2)18-11/h5,8H,4,6-7,9H2,1-3H3. The second-order valence-electron chi connectivity index (χ2n) is 5.23. The Morgan fingerprint density at radius 1 is 1.19 bits per heavy atom. The van der Waals surface area contributed by atoms with E-state index in [4.69, 9.17) is 16.6 Å². The molecule has 3 rings (SSSR count). The maximum absolute atomic E-state index is 5.91. The highest BCUT2D eigenvalue weighted by Crippen LogP contribution is 2.20. The van der Waals surface area contributed by atoms with E-state index in [0.29, 0.717) is 5.88 Å². The van der Waals surface area contributed by atoms with Crippen LogP contribution in [0.3, 0.4) is 0 Å². The third kappa shape index (κ3) is 2.55. The molecule has 0 spiro atoms. The first-order valence-electron chi connectivity index (χ1n) is 7.03. The molecule has 0 unspecified atom stereocenters. The summed E-state index contributed by atoms with van der Waals surface area (Å²) < 4.78 is 5.94. The number of fused-ring (bicyclic) bond motifs is 1. The van der Waals surface area contributed by atoms with Crippen LogP contribution in [0.25, 0.3) is 11.2 Å². The Morgan fingerprint density at radius 2 is 2.00 bits per heavy atom. The van der Waals surface area contributed by atoms with Crippen molar-refractivity contribution in [3.63, 3.8) is 0 Å². The Balaban J connectivity index is 1.96. The van der Waals surface area contributed by atoms with Crippen LogP contribution in [0.5, 0.6) is 0 Å². The highest BCUT2D eigenvalue weighted by atomic mass is 35.5. The van der Waals surface area contributed by atoms with Gasteiger partial charge in [-0.15, -0.1) is 11.6 Å². The molecule has 7 heteroatoms. The molecule has 0 saturated heterocycles. The predicted octanol–water partition coefficient (Wildman–Crippen LogP) is 1.84. The lowest BCUT2D eigenvalue weighted by Crippen LogP contribution is -2.10. The largest absolute Gasteiger partial charge is 0.312 e. The van der Waals surface area contributed by atoms with Crippen molar-refractivity contribution in [3.8, 4) is 0 Å². The van der Waals surface area contributed by atoms with Gasteiger partial charge in [0.1, 0.15) is 11.3 Å². The highest BCUT2D eigenvalue weighted by molar-refractivity contribution is 6.17. The molecule has 3 aromatic heterocycles. The summed E-state index contributed by atoms with van der Waals surface area (Å²) >= 11 is 5.91. The van der Waals surface area contributed by atoms with E-state index in [1.54, 1.807) is 0 Å². The Kier molecular flexibility index (Phi) is 3.71. The molecule has 0 N–H and O–H groups in total. The van der Waals surface area contributed by atoms with Crippen molar-refractivity contribution in [3.05, 3.63) is 29.5 Å². The molecule has 0 saturated carbocycles. The van der Waals surface area contributed by atoms with Gasteiger partial charge in [-0.1, -0.05) is 0 Å². The maximum atomic E-state index is 5.91. The molecule has 0 bridgehead atoms. The number of hydrogen-bond acceptors (Lipinski definition) is 3. The minimum Gasteiger partial charge on any atom is -0.312 e. The van der Waals surface area contributed by atoms with Crippen LogP contribution in [0.2, 0.25) is 0 Å². The monoisotopic (exact) mass is 306 g/mol. The molecule has 21 heavy (non-hydrogen) atoms. The molecule has 0 aliphatic carbocycles. The van der Waals surface area contributed by atoms with E-state index in [9.17, 15) is 0 Å². The normalized spacial score (nSPS) is 11.6. The fourth-order valence-corrected chi connectivity index (χ4v) is 2.88. The van der Waals surface area contributed by atoms with Crippen LogP contribution >= 0.6 is 11.6 Å². The summed E-state index contributed by atoms with van der Waals surface area (Å²) in [6.45, 7) is 2.82. The smallest absolute Gasteiger partial charge is 0.158 e. The van der Waals surface area contributed by atoms with Gasteiger partial charge in [-0.3, -0.25) is 9.36 Å². The number of aryl methyl sites for hydroxylation is 6. The molecule has 112 valence electrons. The zero-order valence-corrected chi connectivity index (χ0v) is 13.3. The summed E-state index contributed by atoms with van der Waals surface area (Å²) in [6, 6.07) is 2.05. The van der Waals surface area contributed by atoms with Crippen molar-refractivity contribution in [2.45, 2.75) is 26.3 Å². The molecule has 0 aromatic carbocycles.